The third-order valence-corrected chi connectivity index (χ3v) is 2.23. The summed E-state index contributed by atoms with van der Waals surface area (Å²) in [6, 6.07) is 6.85. The predicted octanol–water partition coefficient (Wildman–Crippen LogP) is 0.648. The second kappa shape index (κ2) is 4.06. The van der Waals surface area contributed by atoms with Crippen LogP contribution in [0.4, 0.5) is 5.82 Å². The number of nitrogens with one attached hydrogen (secondary N) is 1. The molecule has 0 bridgehead atoms. The second-order valence-electron chi connectivity index (χ2n) is 3.47. The summed E-state index contributed by atoms with van der Waals surface area (Å²) in [5, 5.41) is 9.30. The molecule has 0 aliphatic carbocycles. The quantitative estimate of drug-likeness (QED) is 0.688. The van der Waals surface area contributed by atoms with Gasteiger partial charge < -0.3 is 10.8 Å². The molecular weight excluding hydrogens is 206 g/mol. The van der Waals surface area contributed by atoms with Crippen molar-refractivity contribution in [2.24, 2.45) is 0 Å². The summed E-state index contributed by atoms with van der Waals surface area (Å²) in [7, 11) is 0. The lowest BCUT2D eigenvalue weighted by molar-refractivity contribution is 0.474. The third-order valence-electron chi connectivity index (χ3n) is 2.23. The van der Waals surface area contributed by atoms with Gasteiger partial charge in [0.2, 0.25) is 0 Å². The van der Waals surface area contributed by atoms with E-state index in [1.54, 1.807) is 18.2 Å². The van der Waals surface area contributed by atoms with Gasteiger partial charge in [0.1, 0.15) is 11.6 Å². The fraction of sp³-hybridized carbons (Fsp3) is 0.0909. The highest BCUT2D eigenvalue weighted by molar-refractivity contribution is 5.41. The lowest BCUT2D eigenvalue weighted by Gasteiger charge is -2.04. The standard InChI is InChI=1S/C11H11N3O2/c12-10-8(6-13-11(16)14-10)4-7-2-1-3-9(15)5-7/h1-3,5-6,15H,4H2,(H3,12,13,14,16). The van der Waals surface area contributed by atoms with E-state index >= 15 is 0 Å². The van der Waals surface area contributed by atoms with E-state index in [1.807, 2.05) is 6.07 Å². The first-order chi connectivity index (χ1) is 7.65. The first-order valence-electron chi connectivity index (χ1n) is 4.77. The number of phenols is 1. The number of anilines is 1. The molecule has 4 N–H and O–H groups in total. The maximum Gasteiger partial charge on any atom is 0.346 e. The number of nitrogen functional groups attached to an aromatic ring is 1. The van der Waals surface area contributed by atoms with Crippen LogP contribution < -0.4 is 11.4 Å². The van der Waals surface area contributed by atoms with Crippen LogP contribution in [0.15, 0.2) is 35.3 Å². The van der Waals surface area contributed by atoms with Crippen LogP contribution in [0.2, 0.25) is 0 Å². The molecule has 0 saturated heterocycles. The molecule has 0 unspecified atom stereocenters. The van der Waals surface area contributed by atoms with Crippen LogP contribution in [0, 0.1) is 0 Å². The van der Waals surface area contributed by atoms with Crippen LogP contribution in [-0.4, -0.2) is 15.1 Å². The van der Waals surface area contributed by atoms with Gasteiger partial charge in [-0.15, -0.1) is 0 Å². The highest BCUT2D eigenvalue weighted by atomic mass is 16.3. The average molecular weight is 217 g/mol. The van der Waals surface area contributed by atoms with E-state index in [0.717, 1.165) is 11.1 Å². The van der Waals surface area contributed by atoms with Gasteiger partial charge in [0, 0.05) is 18.2 Å². The zero-order chi connectivity index (χ0) is 11.5. The Balaban J connectivity index is 2.30. The molecule has 0 radical (unpaired) electrons. The number of benzene rings is 1. The monoisotopic (exact) mass is 217 g/mol. The summed E-state index contributed by atoms with van der Waals surface area (Å²) in [5.74, 6) is 0.511. The highest BCUT2D eigenvalue weighted by Gasteiger charge is 2.03. The van der Waals surface area contributed by atoms with E-state index in [4.69, 9.17) is 5.73 Å². The Morgan fingerprint density at radius 3 is 2.94 bits per heavy atom. The van der Waals surface area contributed by atoms with Crippen molar-refractivity contribution in [1.82, 2.24) is 9.97 Å². The zero-order valence-electron chi connectivity index (χ0n) is 8.47. The van der Waals surface area contributed by atoms with E-state index in [9.17, 15) is 9.90 Å². The Hall–Kier alpha value is -2.30. The molecule has 5 nitrogen and oxygen atoms in total. The molecule has 1 heterocycles. The number of nitrogens with two attached hydrogens (primary N) is 1. The molecule has 0 aliphatic heterocycles. The summed E-state index contributed by atoms with van der Waals surface area (Å²) in [6.45, 7) is 0. The number of hydrogen-bond acceptors (Lipinski definition) is 4. The van der Waals surface area contributed by atoms with Crippen molar-refractivity contribution in [3.8, 4) is 5.75 Å². The fourth-order valence-corrected chi connectivity index (χ4v) is 1.46. The molecule has 0 spiro atoms. The van der Waals surface area contributed by atoms with Crippen molar-refractivity contribution < 1.29 is 5.11 Å². The lowest BCUT2D eigenvalue weighted by Crippen LogP contribution is -2.14. The zero-order valence-corrected chi connectivity index (χ0v) is 8.47. The minimum absolute atomic E-state index is 0.202. The number of rotatable bonds is 2. The summed E-state index contributed by atoms with van der Waals surface area (Å²) in [6.07, 6.45) is 1.96. The maximum atomic E-state index is 10.9. The van der Waals surface area contributed by atoms with E-state index in [2.05, 4.69) is 9.97 Å². The lowest BCUT2D eigenvalue weighted by atomic mass is 10.1. The minimum Gasteiger partial charge on any atom is -0.508 e. The van der Waals surface area contributed by atoms with Crippen molar-refractivity contribution in [3.63, 3.8) is 0 Å². The highest BCUT2D eigenvalue weighted by Crippen LogP contribution is 2.16. The Kier molecular flexibility index (Phi) is 2.59. The summed E-state index contributed by atoms with van der Waals surface area (Å²) in [4.78, 5) is 16.9. The molecule has 0 saturated carbocycles. The first kappa shape index (κ1) is 10.2. The van der Waals surface area contributed by atoms with Crippen LogP contribution in [0.5, 0.6) is 5.75 Å². The van der Waals surface area contributed by atoms with Crippen molar-refractivity contribution in [3.05, 3.63) is 52.1 Å². The van der Waals surface area contributed by atoms with E-state index in [1.165, 1.54) is 6.20 Å². The van der Waals surface area contributed by atoms with Gasteiger partial charge in [-0.05, 0) is 17.7 Å². The molecule has 1 aromatic carbocycles. The van der Waals surface area contributed by atoms with Gasteiger partial charge in [-0.2, -0.15) is 0 Å². The van der Waals surface area contributed by atoms with Crippen LogP contribution in [0.3, 0.4) is 0 Å². The van der Waals surface area contributed by atoms with Gasteiger partial charge in [0.25, 0.3) is 0 Å². The molecule has 0 amide bonds. The van der Waals surface area contributed by atoms with E-state index in [-0.39, 0.29) is 5.75 Å². The second-order valence-corrected chi connectivity index (χ2v) is 3.47. The Morgan fingerprint density at radius 2 is 2.25 bits per heavy atom. The topological polar surface area (TPSA) is 92.0 Å². The smallest absolute Gasteiger partial charge is 0.346 e. The van der Waals surface area contributed by atoms with Crippen LogP contribution >= 0.6 is 0 Å². The summed E-state index contributed by atoms with van der Waals surface area (Å²) in [5.41, 5.74) is 6.82. The number of phenolic OH excluding ortho intramolecular Hbond substituents is 1. The number of nitrogens with zero attached hydrogens (tertiary/aromatic N) is 1. The van der Waals surface area contributed by atoms with Crippen molar-refractivity contribution in [1.29, 1.82) is 0 Å². The SMILES string of the molecule is Nc1[nH]c(=O)ncc1Cc1cccc(O)c1. The minimum atomic E-state index is -0.461. The molecular formula is C11H11N3O2. The number of H-pyrrole nitrogens is 1. The van der Waals surface area contributed by atoms with Crippen LogP contribution in [0.25, 0.3) is 0 Å². The van der Waals surface area contributed by atoms with Crippen LogP contribution in [-0.2, 0) is 6.42 Å². The van der Waals surface area contributed by atoms with Crippen molar-refractivity contribution in [2.45, 2.75) is 6.42 Å². The Bertz CT molecular complexity index is 563. The average Bonchev–Trinajstić information content (AvgIpc) is 2.22. The van der Waals surface area contributed by atoms with Gasteiger partial charge in [0.15, 0.2) is 0 Å². The largest absolute Gasteiger partial charge is 0.508 e. The molecule has 0 atom stereocenters. The summed E-state index contributed by atoms with van der Waals surface area (Å²) < 4.78 is 0. The van der Waals surface area contributed by atoms with Gasteiger partial charge >= 0.3 is 5.69 Å². The Morgan fingerprint density at radius 1 is 1.44 bits per heavy atom. The van der Waals surface area contributed by atoms with Crippen molar-refractivity contribution >= 4 is 5.82 Å². The van der Waals surface area contributed by atoms with Gasteiger partial charge in [-0.25, -0.2) is 9.78 Å². The molecule has 1 aromatic heterocycles. The van der Waals surface area contributed by atoms with Gasteiger partial charge in [-0.1, -0.05) is 12.1 Å². The number of aromatic hydroxyl groups is 1. The maximum absolute atomic E-state index is 10.9. The summed E-state index contributed by atoms with van der Waals surface area (Å²) >= 11 is 0. The van der Waals surface area contributed by atoms with Crippen molar-refractivity contribution in [2.75, 3.05) is 5.73 Å². The molecule has 16 heavy (non-hydrogen) atoms. The van der Waals surface area contributed by atoms with Gasteiger partial charge in [-0.3, -0.25) is 4.98 Å². The number of hydrogen-bond donors (Lipinski definition) is 3. The molecule has 2 aromatic rings. The first-order valence-corrected chi connectivity index (χ1v) is 4.77. The Labute approximate surface area is 91.6 Å². The molecule has 2 rings (SSSR count). The van der Waals surface area contributed by atoms with E-state index in [0.29, 0.717) is 12.2 Å². The normalized spacial score (nSPS) is 10.2. The van der Waals surface area contributed by atoms with Gasteiger partial charge in [0.05, 0.1) is 0 Å². The third kappa shape index (κ3) is 2.20. The van der Waals surface area contributed by atoms with Crippen LogP contribution in [0.1, 0.15) is 11.1 Å². The predicted molar refractivity (Wildman–Crippen MR) is 60.2 cm³/mol. The molecule has 0 fully saturated rings. The molecule has 5 heteroatoms. The fourth-order valence-electron chi connectivity index (χ4n) is 1.46. The number of aromatic nitrogens is 2. The molecule has 82 valence electrons. The molecule has 0 aliphatic rings. The van der Waals surface area contributed by atoms with E-state index < -0.39 is 5.69 Å². The number of aromatic amines is 1.